The minimum absolute atomic E-state index is 0.351. The summed E-state index contributed by atoms with van der Waals surface area (Å²) in [5.41, 5.74) is 5.71. The van der Waals surface area contributed by atoms with E-state index in [1.54, 1.807) is 18.3 Å². The number of hydrogen-bond donors (Lipinski definition) is 1. The van der Waals surface area contributed by atoms with E-state index in [9.17, 15) is 4.79 Å². The van der Waals surface area contributed by atoms with Crippen LogP contribution in [0.25, 0.3) is 0 Å². The van der Waals surface area contributed by atoms with Crippen molar-refractivity contribution in [3.8, 4) is 0 Å². The van der Waals surface area contributed by atoms with E-state index in [-0.39, 0.29) is 0 Å². The maximum atomic E-state index is 10.9. The first-order valence-corrected chi connectivity index (χ1v) is 3.44. The number of amides is 1. The maximum Gasteiger partial charge on any atom is 0.287 e. The van der Waals surface area contributed by atoms with Crippen LogP contribution in [0.15, 0.2) is 28.3 Å². The van der Waals surface area contributed by atoms with E-state index >= 15 is 0 Å². The van der Waals surface area contributed by atoms with Crippen LogP contribution in [-0.4, -0.2) is 17.1 Å². The number of hydrogen-bond acceptors (Lipinski definition) is 4. The van der Waals surface area contributed by atoms with Crippen LogP contribution in [0.2, 0.25) is 0 Å². The molecule has 0 saturated heterocycles. The molecule has 2 heterocycles. The third-order valence-corrected chi connectivity index (χ3v) is 1.51. The molecule has 5 nitrogen and oxygen atoms in total. The molecule has 1 atom stereocenters. The second kappa shape index (κ2) is 2.46. The summed E-state index contributed by atoms with van der Waals surface area (Å²) >= 11 is 0. The second-order valence-electron chi connectivity index (χ2n) is 2.37. The van der Waals surface area contributed by atoms with Gasteiger partial charge in [0.2, 0.25) is 0 Å². The zero-order valence-corrected chi connectivity index (χ0v) is 6.14. The van der Waals surface area contributed by atoms with Gasteiger partial charge < -0.3 is 5.73 Å². The van der Waals surface area contributed by atoms with E-state index in [4.69, 9.17) is 5.73 Å². The lowest BCUT2D eigenvalue weighted by Gasteiger charge is -2.03. The fourth-order valence-electron chi connectivity index (χ4n) is 0.951. The van der Waals surface area contributed by atoms with Crippen molar-refractivity contribution in [2.75, 3.05) is 0 Å². The Labute approximate surface area is 67.7 Å². The number of carbonyl (C=O) groups excluding carboxylic acids is 1. The molecule has 0 fully saturated rings. The summed E-state index contributed by atoms with van der Waals surface area (Å²) in [5, 5.41) is 0.574. The first-order valence-electron chi connectivity index (χ1n) is 3.44. The van der Waals surface area contributed by atoms with Gasteiger partial charge in [0.25, 0.3) is 5.91 Å². The molecular formula is C7H6N4O. The number of pyridine rings is 1. The van der Waals surface area contributed by atoms with Crippen molar-refractivity contribution >= 4 is 5.91 Å². The molecule has 12 heavy (non-hydrogen) atoms. The minimum atomic E-state index is -0.860. The normalized spacial score (nSPS) is 20.8. The van der Waals surface area contributed by atoms with Gasteiger partial charge in [0.15, 0.2) is 11.7 Å². The third-order valence-electron chi connectivity index (χ3n) is 1.51. The van der Waals surface area contributed by atoms with Crippen LogP contribution in [-0.2, 0) is 4.79 Å². The minimum Gasteiger partial charge on any atom is -0.302 e. The van der Waals surface area contributed by atoms with Crippen LogP contribution in [0.1, 0.15) is 0 Å². The van der Waals surface area contributed by atoms with Gasteiger partial charge in [-0.1, -0.05) is 0 Å². The average molecular weight is 162 g/mol. The van der Waals surface area contributed by atoms with Crippen molar-refractivity contribution in [1.29, 1.82) is 0 Å². The first-order chi connectivity index (χ1) is 5.77. The molecule has 1 unspecified atom stereocenters. The molecule has 2 N–H and O–H groups in total. The molecule has 0 bridgehead atoms. The van der Waals surface area contributed by atoms with Gasteiger partial charge >= 0.3 is 0 Å². The van der Waals surface area contributed by atoms with E-state index < -0.39 is 12.1 Å². The highest BCUT2D eigenvalue weighted by Gasteiger charge is 2.13. The molecule has 1 aliphatic heterocycles. The molecular weight excluding hydrogens is 156 g/mol. The molecule has 0 radical (unpaired) electrons. The Hall–Kier alpha value is -1.62. The van der Waals surface area contributed by atoms with E-state index in [0.717, 1.165) is 0 Å². The molecule has 1 amide bonds. The number of rotatable bonds is 0. The van der Waals surface area contributed by atoms with Crippen LogP contribution >= 0.6 is 0 Å². The second-order valence-corrected chi connectivity index (χ2v) is 2.37. The van der Waals surface area contributed by atoms with Crippen LogP contribution in [0.4, 0.5) is 0 Å². The Morgan fingerprint density at radius 2 is 2.33 bits per heavy atom. The Morgan fingerprint density at radius 3 is 3.17 bits per heavy atom. The fourth-order valence-corrected chi connectivity index (χ4v) is 0.951. The number of aromatic nitrogens is 1. The topological polar surface area (TPSA) is 80.7 Å². The highest BCUT2D eigenvalue weighted by molar-refractivity contribution is 5.82. The maximum absolute atomic E-state index is 10.9. The van der Waals surface area contributed by atoms with E-state index in [1.165, 1.54) is 0 Å². The third kappa shape index (κ3) is 0.998. The summed E-state index contributed by atoms with van der Waals surface area (Å²) in [6.07, 6.45) is 0.698. The molecule has 60 valence electrons. The smallest absolute Gasteiger partial charge is 0.287 e. The van der Waals surface area contributed by atoms with Crippen molar-refractivity contribution in [3.05, 3.63) is 29.2 Å². The summed E-state index contributed by atoms with van der Waals surface area (Å²) in [7, 11) is 0. The molecule has 0 aromatic carbocycles. The van der Waals surface area contributed by atoms with Crippen LogP contribution in [0.3, 0.4) is 0 Å². The number of nitrogens with zero attached hydrogens (tertiary/aromatic N) is 3. The Balaban J connectivity index is 2.79. The summed E-state index contributed by atoms with van der Waals surface area (Å²) in [6.45, 7) is 0. The summed E-state index contributed by atoms with van der Waals surface area (Å²) in [4.78, 5) is 22.4. The zero-order chi connectivity index (χ0) is 8.55. The summed E-state index contributed by atoms with van der Waals surface area (Å²) in [6, 6.07) is 3.44. The first kappa shape index (κ1) is 7.05. The zero-order valence-electron chi connectivity index (χ0n) is 6.14. The summed E-state index contributed by atoms with van der Waals surface area (Å²) < 4.78 is 0. The van der Waals surface area contributed by atoms with E-state index in [2.05, 4.69) is 15.0 Å². The van der Waals surface area contributed by atoms with Crippen molar-refractivity contribution in [2.45, 2.75) is 6.17 Å². The van der Waals surface area contributed by atoms with Gasteiger partial charge in [-0.25, -0.2) is 4.98 Å². The van der Waals surface area contributed by atoms with Crippen molar-refractivity contribution in [3.63, 3.8) is 0 Å². The molecule has 5 heteroatoms. The van der Waals surface area contributed by atoms with Crippen molar-refractivity contribution in [1.82, 2.24) is 4.98 Å². The Morgan fingerprint density at radius 1 is 1.50 bits per heavy atom. The lowest BCUT2D eigenvalue weighted by Crippen LogP contribution is -2.42. The molecule has 0 aliphatic carbocycles. The van der Waals surface area contributed by atoms with Crippen LogP contribution in [0.5, 0.6) is 0 Å². The number of nitrogens with two attached hydrogens (primary N) is 1. The molecule has 0 spiro atoms. The quantitative estimate of drug-likeness (QED) is 0.486. The highest BCUT2D eigenvalue weighted by atomic mass is 16.2. The molecule has 1 aliphatic rings. The van der Waals surface area contributed by atoms with Gasteiger partial charge in [0, 0.05) is 6.20 Å². The Bertz CT molecular complexity index is 439. The van der Waals surface area contributed by atoms with Gasteiger partial charge in [-0.3, -0.25) is 9.79 Å². The molecule has 1 aromatic rings. The van der Waals surface area contributed by atoms with Crippen LogP contribution < -0.4 is 16.6 Å². The van der Waals surface area contributed by atoms with E-state index in [1.807, 2.05) is 0 Å². The number of carbonyl (C=O) groups is 1. The average Bonchev–Trinajstić information content (AvgIpc) is 2.07. The van der Waals surface area contributed by atoms with Gasteiger partial charge in [-0.2, -0.15) is 4.99 Å². The summed E-state index contributed by atoms with van der Waals surface area (Å²) in [5.74, 6) is -0.443. The Kier molecular flexibility index (Phi) is 1.44. The van der Waals surface area contributed by atoms with Gasteiger partial charge in [0.1, 0.15) is 5.36 Å². The van der Waals surface area contributed by atoms with Crippen molar-refractivity contribution in [2.24, 2.45) is 15.7 Å². The number of fused-ring (bicyclic) bond motifs is 1. The van der Waals surface area contributed by atoms with Crippen LogP contribution in [0, 0.1) is 0 Å². The van der Waals surface area contributed by atoms with E-state index in [0.29, 0.717) is 10.8 Å². The van der Waals surface area contributed by atoms with Gasteiger partial charge in [-0.05, 0) is 12.1 Å². The largest absolute Gasteiger partial charge is 0.302 e. The standard InChI is InChI=1S/C7H6N4O/c8-5-7(12)11-6-4(10-5)2-1-3-9-6/h1-3,5H,8H2. The van der Waals surface area contributed by atoms with Gasteiger partial charge in [-0.15, -0.1) is 0 Å². The van der Waals surface area contributed by atoms with Gasteiger partial charge in [0.05, 0.1) is 0 Å². The lowest BCUT2D eigenvalue weighted by atomic mass is 10.4. The SMILES string of the molecule is NC1N=c2cccnc2=NC1=O. The lowest BCUT2D eigenvalue weighted by molar-refractivity contribution is -0.119. The predicted octanol–water partition coefficient (Wildman–Crippen LogP) is -1.85. The predicted molar refractivity (Wildman–Crippen MR) is 39.5 cm³/mol. The molecule has 0 saturated carbocycles. The highest BCUT2D eigenvalue weighted by Crippen LogP contribution is 1.86. The monoisotopic (exact) mass is 162 g/mol. The molecule has 1 aromatic heterocycles. The van der Waals surface area contributed by atoms with Crippen molar-refractivity contribution < 1.29 is 4.79 Å². The molecule has 2 rings (SSSR count). The fraction of sp³-hybridized carbons (Fsp3) is 0.143.